The Labute approximate surface area is 167 Å². The van der Waals surface area contributed by atoms with E-state index in [1.54, 1.807) is 0 Å². The van der Waals surface area contributed by atoms with Crippen LogP contribution >= 0.6 is 0 Å². The summed E-state index contributed by atoms with van der Waals surface area (Å²) < 4.78 is 0. The molecular formula is C25H28O3. The highest BCUT2D eigenvalue weighted by molar-refractivity contribution is 5.97. The standard InChI is InChI=1S/C25H28O3/c1-17-3-7-19(8-4-17)23(26)15-13-21-11-12-22(25(21)28)14-16-24(27)20-9-5-18(2)6-10-20/h3-10,21-22H,11-16H2,1-2H3/t21-,22-/m1/s1. The Morgan fingerprint density at radius 2 is 1.07 bits per heavy atom. The Bertz CT molecular complexity index is 775. The Kier molecular flexibility index (Phi) is 6.56. The van der Waals surface area contributed by atoms with Crippen LogP contribution in [0.5, 0.6) is 0 Å². The zero-order valence-corrected chi connectivity index (χ0v) is 16.7. The maximum absolute atomic E-state index is 12.7. The van der Waals surface area contributed by atoms with Gasteiger partial charge in [0.1, 0.15) is 5.78 Å². The smallest absolute Gasteiger partial charge is 0.162 e. The van der Waals surface area contributed by atoms with Crippen molar-refractivity contribution in [1.82, 2.24) is 0 Å². The molecule has 0 N–H and O–H groups in total. The van der Waals surface area contributed by atoms with Crippen LogP contribution in [0.2, 0.25) is 0 Å². The van der Waals surface area contributed by atoms with Gasteiger partial charge < -0.3 is 0 Å². The van der Waals surface area contributed by atoms with E-state index >= 15 is 0 Å². The summed E-state index contributed by atoms with van der Waals surface area (Å²) in [6.07, 6.45) is 3.73. The lowest BCUT2D eigenvalue weighted by Gasteiger charge is -2.10. The molecule has 3 heteroatoms. The normalized spacial score (nSPS) is 19.0. The highest BCUT2D eigenvalue weighted by Crippen LogP contribution is 2.34. The first kappa shape index (κ1) is 20.2. The molecule has 3 nitrogen and oxygen atoms in total. The second-order valence-corrected chi connectivity index (χ2v) is 8.03. The number of hydrogen-bond acceptors (Lipinski definition) is 3. The van der Waals surface area contributed by atoms with E-state index in [1.165, 1.54) is 0 Å². The molecule has 0 radical (unpaired) electrons. The van der Waals surface area contributed by atoms with Crippen LogP contribution in [-0.4, -0.2) is 17.3 Å². The highest BCUT2D eigenvalue weighted by Gasteiger charge is 2.34. The third-order valence-electron chi connectivity index (χ3n) is 5.86. The Balaban J connectivity index is 1.46. The van der Waals surface area contributed by atoms with Gasteiger partial charge in [-0.25, -0.2) is 0 Å². The zero-order valence-electron chi connectivity index (χ0n) is 16.7. The summed E-state index contributed by atoms with van der Waals surface area (Å²) in [6, 6.07) is 15.2. The SMILES string of the molecule is Cc1ccc(C(=O)CC[C@H]2CC[C@H](CCC(=O)c3ccc(C)cc3)C2=O)cc1. The molecular weight excluding hydrogens is 348 g/mol. The second-order valence-electron chi connectivity index (χ2n) is 8.03. The van der Waals surface area contributed by atoms with Crippen molar-refractivity contribution in [1.29, 1.82) is 0 Å². The molecule has 0 saturated heterocycles. The van der Waals surface area contributed by atoms with Gasteiger partial charge in [0.05, 0.1) is 0 Å². The largest absolute Gasteiger partial charge is 0.299 e. The fraction of sp³-hybridized carbons (Fsp3) is 0.400. The maximum atomic E-state index is 12.7. The van der Waals surface area contributed by atoms with Gasteiger partial charge in [0.15, 0.2) is 11.6 Å². The molecule has 1 fully saturated rings. The molecule has 3 rings (SSSR count). The number of benzene rings is 2. The number of carbonyl (C=O) groups is 3. The summed E-state index contributed by atoms with van der Waals surface area (Å²) in [6.45, 7) is 3.99. The topological polar surface area (TPSA) is 51.2 Å². The van der Waals surface area contributed by atoms with Crippen molar-refractivity contribution >= 4 is 17.3 Å². The van der Waals surface area contributed by atoms with Crippen LogP contribution < -0.4 is 0 Å². The van der Waals surface area contributed by atoms with Gasteiger partial charge in [-0.15, -0.1) is 0 Å². The molecule has 0 aliphatic heterocycles. The minimum atomic E-state index is -0.0334. The van der Waals surface area contributed by atoms with E-state index < -0.39 is 0 Å². The number of hydrogen-bond donors (Lipinski definition) is 0. The molecule has 28 heavy (non-hydrogen) atoms. The molecule has 146 valence electrons. The molecule has 2 aromatic rings. The molecule has 0 amide bonds. The Morgan fingerprint density at radius 3 is 1.43 bits per heavy atom. The van der Waals surface area contributed by atoms with Gasteiger partial charge >= 0.3 is 0 Å². The first-order valence-electron chi connectivity index (χ1n) is 10.2. The summed E-state index contributed by atoms with van der Waals surface area (Å²) in [5.41, 5.74) is 3.70. The lowest BCUT2D eigenvalue weighted by Crippen LogP contribution is -2.16. The fourth-order valence-corrected chi connectivity index (χ4v) is 3.97. The van der Waals surface area contributed by atoms with Crippen LogP contribution in [0.1, 0.15) is 70.4 Å². The van der Waals surface area contributed by atoms with E-state index in [4.69, 9.17) is 0 Å². The highest BCUT2D eigenvalue weighted by atomic mass is 16.1. The summed E-state index contributed by atoms with van der Waals surface area (Å²) in [5.74, 6) is 0.382. The van der Waals surface area contributed by atoms with Gasteiger partial charge in [-0.3, -0.25) is 14.4 Å². The van der Waals surface area contributed by atoms with Gasteiger partial charge in [0, 0.05) is 35.8 Å². The van der Waals surface area contributed by atoms with E-state index in [0.29, 0.717) is 25.7 Å². The predicted octanol–water partition coefficient (Wildman–Crippen LogP) is 5.52. The van der Waals surface area contributed by atoms with Crippen molar-refractivity contribution in [3.05, 3.63) is 70.8 Å². The zero-order chi connectivity index (χ0) is 20.1. The monoisotopic (exact) mass is 376 g/mol. The molecule has 1 aliphatic rings. The number of aryl methyl sites for hydroxylation is 2. The minimum absolute atomic E-state index is 0.0334. The van der Waals surface area contributed by atoms with Gasteiger partial charge in [-0.2, -0.15) is 0 Å². The van der Waals surface area contributed by atoms with Gasteiger partial charge in [0.25, 0.3) is 0 Å². The fourth-order valence-electron chi connectivity index (χ4n) is 3.97. The van der Waals surface area contributed by atoms with Crippen molar-refractivity contribution in [2.75, 3.05) is 0 Å². The van der Waals surface area contributed by atoms with Crippen LogP contribution in [0.4, 0.5) is 0 Å². The van der Waals surface area contributed by atoms with Crippen molar-refractivity contribution < 1.29 is 14.4 Å². The lowest BCUT2D eigenvalue weighted by molar-refractivity contribution is -0.124. The van der Waals surface area contributed by atoms with Gasteiger partial charge in [-0.05, 0) is 39.5 Å². The third-order valence-corrected chi connectivity index (χ3v) is 5.86. The first-order chi connectivity index (χ1) is 13.4. The summed E-state index contributed by atoms with van der Waals surface area (Å²) >= 11 is 0. The number of ketones is 3. The van der Waals surface area contributed by atoms with E-state index in [9.17, 15) is 14.4 Å². The summed E-state index contributed by atoms with van der Waals surface area (Å²) in [5, 5.41) is 0. The Morgan fingerprint density at radius 1 is 0.714 bits per heavy atom. The molecule has 0 heterocycles. The molecule has 1 saturated carbocycles. The van der Waals surface area contributed by atoms with Crippen LogP contribution in [0.25, 0.3) is 0 Å². The second kappa shape index (κ2) is 9.09. The molecule has 2 atom stereocenters. The van der Waals surface area contributed by atoms with Gasteiger partial charge in [-0.1, -0.05) is 59.7 Å². The van der Waals surface area contributed by atoms with E-state index in [2.05, 4.69) is 0 Å². The van der Waals surface area contributed by atoms with Crippen molar-refractivity contribution in [3.63, 3.8) is 0 Å². The molecule has 1 aliphatic carbocycles. The molecule has 0 aromatic heterocycles. The van der Waals surface area contributed by atoms with Crippen molar-refractivity contribution in [2.24, 2.45) is 11.8 Å². The lowest BCUT2D eigenvalue weighted by atomic mass is 9.92. The van der Waals surface area contributed by atoms with E-state index in [1.807, 2.05) is 62.4 Å². The minimum Gasteiger partial charge on any atom is -0.299 e. The molecule has 2 aromatic carbocycles. The number of rotatable bonds is 8. The third kappa shape index (κ3) is 5.03. The van der Waals surface area contributed by atoms with Crippen molar-refractivity contribution in [3.8, 4) is 0 Å². The van der Waals surface area contributed by atoms with E-state index in [0.717, 1.165) is 35.1 Å². The van der Waals surface area contributed by atoms with Crippen LogP contribution in [0.15, 0.2) is 48.5 Å². The van der Waals surface area contributed by atoms with Crippen LogP contribution in [0, 0.1) is 25.7 Å². The number of Topliss-reactive ketones (excluding diaryl/α,β-unsaturated/α-hetero) is 3. The van der Waals surface area contributed by atoms with Gasteiger partial charge in [0.2, 0.25) is 0 Å². The van der Waals surface area contributed by atoms with Crippen molar-refractivity contribution in [2.45, 2.75) is 52.4 Å². The quantitative estimate of drug-likeness (QED) is 0.570. The number of carbonyl (C=O) groups excluding carboxylic acids is 3. The Hall–Kier alpha value is -2.55. The molecule has 0 unspecified atom stereocenters. The average Bonchev–Trinajstić information content (AvgIpc) is 3.05. The average molecular weight is 376 g/mol. The summed E-state index contributed by atoms with van der Waals surface area (Å²) in [7, 11) is 0. The maximum Gasteiger partial charge on any atom is 0.162 e. The molecule has 0 spiro atoms. The first-order valence-corrected chi connectivity index (χ1v) is 10.2. The van der Waals surface area contributed by atoms with Crippen LogP contribution in [-0.2, 0) is 4.79 Å². The van der Waals surface area contributed by atoms with Crippen LogP contribution in [0.3, 0.4) is 0 Å². The summed E-state index contributed by atoms with van der Waals surface area (Å²) in [4.78, 5) is 37.4. The molecule has 0 bridgehead atoms. The predicted molar refractivity (Wildman–Crippen MR) is 111 cm³/mol. The van der Waals surface area contributed by atoms with E-state index in [-0.39, 0.29) is 29.2 Å².